The van der Waals surface area contributed by atoms with E-state index in [1.54, 1.807) is 30.3 Å². The van der Waals surface area contributed by atoms with Crippen LogP contribution in [0.25, 0.3) is 0 Å². The molecule has 0 unspecified atom stereocenters. The van der Waals surface area contributed by atoms with Crippen LogP contribution in [0.5, 0.6) is 0 Å². The number of methoxy groups -OCH3 is 1. The Morgan fingerprint density at radius 1 is 0.969 bits per heavy atom. The van der Waals surface area contributed by atoms with E-state index in [1.165, 1.54) is 0 Å². The number of halogens is 6. The van der Waals surface area contributed by atoms with E-state index in [-0.39, 0.29) is 30.4 Å². The highest BCUT2D eigenvalue weighted by Crippen LogP contribution is 2.36. The minimum absolute atomic E-state index is 0.114. The lowest BCUT2D eigenvalue weighted by molar-refractivity contribution is -0.144. The smallest absolute Gasteiger partial charge is 0.416 e. The zero-order valence-corrected chi connectivity index (χ0v) is 17.2. The third-order valence-electron chi connectivity index (χ3n) is 4.24. The van der Waals surface area contributed by atoms with Gasteiger partial charge in [0.05, 0.1) is 29.0 Å². The van der Waals surface area contributed by atoms with Crippen molar-refractivity contribution >= 4 is 22.7 Å². The number of rotatable bonds is 7. The molecule has 0 saturated carbocycles. The maximum absolute atomic E-state index is 13.0. The molecule has 0 radical (unpaired) electrons. The first-order valence-electron chi connectivity index (χ1n) is 8.94. The molecule has 1 amide bonds. The molecule has 0 aliphatic rings. The maximum Gasteiger partial charge on any atom is 0.416 e. The average Bonchev–Trinajstić information content (AvgIpc) is 2.74. The van der Waals surface area contributed by atoms with Gasteiger partial charge < -0.3 is 10.1 Å². The van der Waals surface area contributed by atoms with Crippen molar-refractivity contribution in [1.29, 1.82) is 0 Å². The maximum atomic E-state index is 13.0. The number of nitrogens with one attached hydrogen (secondary N) is 1. The summed E-state index contributed by atoms with van der Waals surface area (Å²) in [6.07, 6.45) is -10.5. The molecule has 2 aromatic carbocycles. The van der Waals surface area contributed by atoms with Gasteiger partial charge in [-0.3, -0.25) is 9.00 Å². The number of hydrogen-bond acceptors (Lipinski definition) is 4. The zero-order chi connectivity index (χ0) is 24.1. The van der Waals surface area contributed by atoms with Crippen molar-refractivity contribution in [2.45, 2.75) is 29.7 Å². The number of alkyl halides is 6. The third-order valence-corrected chi connectivity index (χ3v) is 5.64. The molecule has 0 fully saturated rings. The quantitative estimate of drug-likeness (QED) is 0.476. The van der Waals surface area contributed by atoms with Crippen molar-refractivity contribution in [2.75, 3.05) is 12.9 Å². The van der Waals surface area contributed by atoms with Crippen LogP contribution in [0.2, 0.25) is 0 Å². The van der Waals surface area contributed by atoms with E-state index in [1.807, 2.05) is 0 Å². The molecule has 0 bridgehead atoms. The van der Waals surface area contributed by atoms with E-state index >= 15 is 0 Å². The van der Waals surface area contributed by atoms with Crippen LogP contribution >= 0.6 is 0 Å². The summed E-state index contributed by atoms with van der Waals surface area (Å²) in [5, 5.41) is 2.07. The molecule has 2 atom stereocenters. The molecule has 0 aliphatic heterocycles. The first kappa shape index (κ1) is 25.4. The Kier molecular flexibility index (Phi) is 8.05. The fourth-order valence-electron chi connectivity index (χ4n) is 2.63. The monoisotopic (exact) mass is 481 g/mol. The molecule has 0 aliphatic carbocycles. The predicted molar refractivity (Wildman–Crippen MR) is 102 cm³/mol. The highest BCUT2D eigenvalue weighted by Gasteiger charge is 2.37. The van der Waals surface area contributed by atoms with Crippen molar-refractivity contribution in [3.63, 3.8) is 0 Å². The molecule has 2 aromatic rings. The third kappa shape index (κ3) is 6.81. The van der Waals surface area contributed by atoms with Crippen molar-refractivity contribution in [3.8, 4) is 0 Å². The molecule has 0 aromatic heterocycles. The summed E-state index contributed by atoms with van der Waals surface area (Å²) >= 11 is 0. The van der Waals surface area contributed by atoms with Gasteiger partial charge in [0.2, 0.25) is 0 Å². The van der Waals surface area contributed by atoms with Gasteiger partial charge in [-0.2, -0.15) is 26.3 Å². The summed E-state index contributed by atoms with van der Waals surface area (Å²) in [6.45, 7) is 0. The van der Waals surface area contributed by atoms with Gasteiger partial charge in [-0.25, -0.2) is 4.79 Å². The van der Waals surface area contributed by atoms with Gasteiger partial charge in [0.1, 0.15) is 6.04 Å². The van der Waals surface area contributed by atoms with Crippen LogP contribution in [0, 0.1) is 0 Å². The fourth-order valence-corrected chi connectivity index (χ4v) is 3.78. The summed E-state index contributed by atoms with van der Waals surface area (Å²) in [6, 6.07) is 7.06. The summed E-state index contributed by atoms with van der Waals surface area (Å²) in [5.74, 6) is -2.46. The van der Waals surface area contributed by atoms with Crippen LogP contribution in [0.3, 0.4) is 0 Å². The van der Waals surface area contributed by atoms with Gasteiger partial charge in [0, 0.05) is 16.2 Å². The molecule has 0 spiro atoms. The number of carbonyl (C=O) groups is 2. The van der Waals surface area contributed by atoms with Crippen LogP contribution in [0.1, 0.15) is 27.9 Å². The standard InChI is InChI=1S/C20H17F6NO4S/c1-31-18(29)16(7-8-32(30)15-5-3-2-4-6-15)27-17(28)12-9-13(19(21,22)23)11-14(10-12)20(24,25)26/h2-6,9-11,16H,7-8H2,1H3,(H,27,28)/t16-,32-/m0/s1. The van der Waals surface area contributed by atoms with Crippen LogP contribution in [-0.4, -0.2) is 35.0 Å². The molecule has 2 rings (SSSR count). The van der Waals surface area contributed by atoms with E-state index in [9.17, 15) is 40.1 Å². The summed E-state index contributed by atoms with van der Waals surface area (Å²) < 4.78 is 94.9. The second-order valence-corrected chi connectivity index (χ2v) is 8.07. The second kappa shape index (κ2) is 10.2. The van der Waals surface area contributed by atoms with Gasteiger partial charge in [0.25, 0.3) is 5.91 Å². The molecular weight excluding hydrogens is 464 g/mol. The Morgan fingerprint density at radius 2 is 1.50 bits per heavy atom. The summed E-state index contributed by atoms with van der Waals surface area (Å²) in [4.78, 5) is 24.8. The lowest BCUT2D eigenvalue weighted by Crippen LogP contribution is -2.42. The molecular formula is C20H17F6NO4S. The van der Waals surface area contributed by atoms with E-state index < -0.39 is 57.8 Å². The van der Waals surface area contributed by atoms with Crippen LogP contribution < -0.4 is 5.32 Å². The number of ether oxygens (including phenoxy) is 1. The van der Waals surface area contributed by atoms with E-state index in [4.69, 9.17) is 0 Å². The number of esters is 1. The molecule has 0 saturated heterocycles. The number of benzene rings is 2. The summed E-state index contributed by atoms with van der Waals surface area (Å²) in [5.41, 5.74) is -4.28. The Balaban J connectivity index is 2.25. The molecule has 0 heterocycles. The van der Waals surface area contributed by atoms with Gasteiger partial charge in [-0.1, -0.05) is 18.2 Å². The highest BCUT2D eigenvalue weighted by molar-refractivity contribution is 7.85. The van der Waals surface area contributed by atoms with Crippen LogP contribution in [0.15, 0.2) is 53.4 Å². The average molecular weight is 481 g/mol. The minimum Gasteiger partial charge on any atom is -0.467 e. The first-order chi connectivity index (χ1) is 14.8. The van der Waals surface area contributed by atoms with Crippen molar-refractivity contribution < 1.29 is 44.9 Å². The SMILES string of the molecule is COC(=O)[C@H](CC[S@](=O)c1ccccc1)NC(=O)c1cc(C(F)(F)F)cc(C(F)(F)F)c1. The lowest BCUT2D eigenvalue weighted by Gasteiger charge is -2.18. The summed E-state index contributed by atoms with van der Waals surface area (Å²) in [7, 11) is -0.582. The largest absolute Gasteiger partial charge is 0.467 e. The van der Waals surface area contributed by atoms with Gasteiger partial charge in [-0.05, 0) is 36.8 Å². The topological polar surface area (TPSA) is 72.5 Å². The Labute approximate surface area is 181 Å². The van der Waals surface area contributed by atoms with Crippen molar-refractivity contribution in [2.24, 2.45) is 0 Å². The Morgan fingerprint density at radius 3 is 1.97 bits per heavy atom. The zero-order valence-electron chi connectivity index (χ0n) is 16.4. The van der Waals surface area contributed by atoms with Gasteiger partial charge in [-0.15, -0.1) is 0 Å². The highest BCUT2D eigenvalue weighted by atomic mass is 32.2. The van der Waals surface area contributed by atoms with Crippen molar-refractivity contribution in [3.05, 3.63) is 65.2 Å². The van der Waals surface area contributed by atoms with E-state index in [2.05, 4.69) is 10.1 Å². The molecule has 5 nitrogen and oxygen atoms in total. The van der Waals surface area contributed by atoms with Gasteiger partial charge >= 0.3 is 18.3 Å². The minimum atomic E-state index is -5.13. The normalized spacial score (nSPS) is 13.8. The molecule has 32 heavy (non-hydrogen) atoms. The fraction of sp³-hybridized carbons (Fsp3) is 0.300. The van der Waals surface area contributed by atoms with Gasteiger partial charge in [0.15, 0.2) is 0 Å². The molecule has 174 valence electrons. The van der Waals surface area contributed by atoms with Crippen LogP contribution in [0.4, 0.5) is 26.3 Å². The predicted octanol–water partition coefficient (Wildman–Crippen LogP) is 4.19. The first-order valence-corrected chi connectivity index (χ1v) is 10.3. The van der Waals surface area contributed by atoms with Crippen molar-refractivity contribution in [1.82, 2.24) is 5.32 Å². The number of hydrogen-bond donors (Lipinski definition) is 1. The van der Waals surface area contributed by atoms with Crippen LogP contribution in [-0.2, 0) is 32.7 Å². The molecule has 1 N–H and O–H groups in total. The number of amides is 1. The number of carbonyl (C=O) groups excluding carboxylic acids is 2. The van der Waals surface area contributed by atoms with E-state index in [0.717, 1.165) is 7.11 Å². The van der Waals surface area contributed by atoms with E-state index in [0.29, 0.717) is 4.90 Å². The molecule has 12 heteroatoms. The Hall–Kier alpha value is -2.89. The second-order valence-electron chi connectivity index (χ2n) is 6.50. The Bertz CT molecular complexity index is 960. The lowest BCUT2D eigenvalue weighted by atomic mass is 10.0.